The van der Waals surface area contributed by atoms with Crippen molar-refractivity contribution in [1.82, 2.24) is 4.98 Å². The van der Waals surface area contributed by atoms with Gasteiger partial charge in [-0.25, -0.2) is 4.79 Å². The number of aromatic amines is 1. The molecule has 3 rings (SSSR count). The minimum absolute atomic E-state index is 0.0764. The normalized spacial score (nSPS) is 15.7. The number of halogens is 1. The number of pyridine rings is 1. The van der Waals surface area contributed by atoms with Gasteiger partial charge in [0.2, 0.25) is 0 Å². The van der Waals surface area contributed by atoms with Gasteiger partial charge in [0.05, 0.1) is 0 Å². The molecule has 0 fully saturated rings. The minimum atomic E-state index is -0.599. The van der Waals surface area contributed by atoms with Crippen LogP contribution in [0.15, 0.2) is 26.8 Å². The van der Waals surface area contributed by atoms with Crippen LogP contribution in [-0.2, 0) is 4.74 Å². The largest absolute Gasteiger partial charge is 0.422 e. The van der Waals surface area contributed by atoms with Gasteiger partial charge in [0.1, 0.15) is 11.3 Å². The van der Waals surface area contributed by atoms with E-state index in [9.17, 15) is 9.59 Å². The number of fused-ring (bicyclic) bond motifs is 1. The molecule has 3 heterocycles. The van der Waals surface area contributed by atoms with E-state index in [2.05, 4.69) is 20.9 Å². The molecule has 19 heavy (non-hydrogen) atoms. The average molecular weight is 338 g/mol. The second-order valence-electron chi connectivity index (χ2n) is 4.14. The number of esters is 1. The zero-order valence-electron chi connectivity index (χ0n) is 9.82. The van der Waals surface area contributed by atoms with Gasteiger partial charge in [-0.1, -0.05) is 0 Å². The van der Waals surface area contributed by atoms with Crippen molar-refractivity contribution in [3.05, 3.63) is 54.0 Å². The fraction of sp³-hybridized carbons (Fsp3) is 0.0769. The molecule has 96 valence electrons. The van der Waals surface area contributed by atoms with Crippen molar-refractivity contribution in [2.75, 3.05) is 0 Å². The summed E-state index contributed by atoms with van der Waals surface area (Å²) in [6.07, 6.45) is 1.76. The molecule has 2 aromatic heterocycles. The third-order valence-corrected chi connectivity index (χ3v) is 4.34. The van der Waals surface area contributed by atoms with Crippen LogP contribution in [0.4, 0.5) is 0 Å². The number of cyclic esters (lactones) is 1. The van der Waals surface area contributed by atoms with Crippen molar-refractivity contribution >= 4 is 45.1 Å². The highest BCUT2D eigenvalue weighted by Gasteiger charge is 2.30. The summed E-state index contributed by atoms with van der Waals surface area (Å²) in [6.45, 7) is 1.77. The highest BCUT2D eigenvalue weighted by Crippen LogP contribution is 2.31. The van der Waals surface area contributed by atoms with Crippen LogP contribution in [0.3, 0.4) is 0 Å². The Hall–Kier alpha value is -1.66. The number of carbonyl (C=O) groups excluding carboxylic acids is 1. The number of rotatable bonds is 1. The Morgan fingerprint density at radius 1 is 1.37 bits per heavy atom. The lowest BCUT2D eigenvalue weighted by Crippen LogP contribution is -2.16. The molecular weight excluding hydrogens is 330 g/mol. The van der Waals surface area contributed by atoms with Gasteiger partial charge in [-0.15, -0.1) is 11.3 Å². The fourth-order valence-corrected chi connectivity index (χ4v) is 3.30. The van der Waals surface area contributed by atoms with Gasteiger partial charge in [0.25, 0.3) is 5.56 Å². The Kier molecular flexibility index (Phi) is 2.91. The lowest BCUT2D eigenvalue weighted by atomic mass is 10.1. The van der Waals surface area contributed by atoms with Crippen LogP contribution in [0.5, 0.6) is 0 Å². The molecule has 4 nitrogen and oxygen atoms in total. The lowest BCUT2D eigenvalue weighted by molar-refractivity contribution is 0.0715. The van der Waals surface area contributed by atoms with E-state index < -0.39 is 11.5 Å². The molecule has 0 amide bonds. The summed E-state index contributed by atoms with van der Waals surface area (Å²) in [6, 6.07) is 3.67. The summed E-state index contributed by atoms with van der Waals surface area (Å²) in [5.41, 5.74) is 0.916. The van der Waals surface area contributed by atoms with E-state index in [0.717, 1.165) is 9.35 Å². The lowest BCUT2D eigenvalue weighted by Gasteiger charge is -1.98. The summed E-state index contributed by atoms with van der Waals surface area (Å²) >= 11 is 4.89. The number of aromatic nitrogens is 1. The first-order valence-electron chi connectivity index (χ1n) is 5.47. The predicted octanol–water partition coefficient (Wildman–Crippen LogP) is 3.18. The zero-order valence-corrected chi connectivity index (χ0v) is 12.2. The maximum absolute atomic E-state index is 11.8. The smallest absolute Gasteiger partial charge is 0.349 e. The highest BCUT2D eigenvalue weighted by molar-refractivity contribution is 9.10. The van der Waals surface area contributed by atoms with Crippen LogP contribution in [0, 0.1) is 6.92 Å². The number of hydrogen-bond donors (Lipinski definition) is 1. The molecule has 0 aliphatic carbocycles. The molecule has 0 aromatic carbocycles. The second-order valence-corrected chi connectivity index (χ2v) is 5.99. The van der Waals surface area contributed by atoms with E-state index in [1.165, 1.54) is 11.3 Å². The van der Waals surface area contributed by atoms with Crippen molar-refractivity contribution < 1.29 is 9.53 Å². The first-order chi connectivity index (χ1) is 9.04. The second kappa shape index (κ2) is 4.47. The SMILES string of the molecule is Cc1cc2c(c(=O)[nH]1)C(=O)O/C2=C/c1cc(Br)cs1. The standard InChI is InChI=1S/C13H8BrNO3S/c1-6-2-9-10(4-8-3-7(14)5-19-8)18-13(17)11(9)12(16)15-6/h2-5H,1H3,(H,15,16)/b10-4+. The Balaban J connectivity index is 2.17. The molecule has 6 heteroatoms. The van der Waals surface area contributed by atoms with Crippen molar-refractivity contribution in [1.29, 1.82) is 0 Å². The van der Waals surface area contributed by atoms with Crippen molar-refractivity contribution in [2.24, 2.45) is 0 Å². The monoisotopic (exact) mass is 337 g/mol. The summed E-state index contributed by atoms with van der Waals surface area (Å²) in [5.74, 6) is -0.179. The van der Waals surface area contributed by atoms with Crippen molar-refractivity contribution in [3.63, 3.8) is 0 Å². The summed E-state index contributed by atoms with van der Waals surface area (Å²) in [4.78, 5) is 27.0. The number of nitrogens with one attached hydrogen (secondary N) is 1. The number of ether oxygens (including phenoxy) is 1. The van der Waals surface area contributed by atoms with Gasteiger partial charge in [0.15, 0.2) is 0 Å². The van der Waals surface area contributed by atoms with E-state index in [1.807, 2.05) is 11.4 Å². The summed E-state index contributed by atoms with van der Waals surface area (Å²) in [5, 5.41) is 1.94. The molecule has 1 N–H and O–H groups in total. The van der Waals surface area contributed by atoms with Gasteiger partial charge < -0.3 is 9.72 Å². The van der Waals surface area contributed by atoms with Crippen molar-refractivity contribution in [2.45, 2.75) is 6.92 Å². The van der Waals surface area contributed by atoms with E-state index in [1.54, 1.807) is 19.1 Å². The molecule has 0 bridgehead atoms. The fourth-order valence-electron chi connectivity index (χ4n) is 1.93. The van der Waals surface area contributed by atoms with Crippen LogP contribution in [0.25, 0.3) is 11.8 Å². The first-order valence-corrected chi connectivity index (χ1v) is 7.14. The van der Waals surface area contributed by atoms with Gasteiger partial charge in [-0.2, -0.15) is 0 Å². The van der Waals surface area contributed by atoms with Gasteiger partial charge in [0, 0.05) is 26.0 Å². The number of hydrogen-bond acceptors (Lipinski definition) is 4. The predicted molar refractivity (Wildman–Crippen MR) is 77.1 cm³/mol. The molecular formula is C13H8BrNO3S. The summed E-state index contributed by atoms with van der Waals surface area (Å²) < 4.78 is 6.14. The Morgan fingerprint density at radius 2 is 2.16 bits per heavy atom. The average Bonchev–Trinajstić information content (AvgIpc) is 2.84. The van der Waals surface area contributed by atoms with Gasteiger partial charge in [-0.05, 0) is 41.1 Å². The maximum Gasteiger partial charge on any atom is 0.349 e. The maximum atomic E-state index is 11.8. The minimum Gasteiger partial charge on any atom is -0.422 e. The molecule has 0 unspecified atom stereocenters. The number of carbonyl (C=O) groups is 1. The van der Waals surface area contributed by atoms with Crippen LogP contribution in [-0.4, -0.2) is 11.0 Å². The zero-order chi connectivity index (χ0) is 13.6. The Bertz CT molecular complexity index is 772. The molecule has 0 saturated heterocycles. The third-order valence-electron chi connectivity index (χ3n) is 2.70. The molecule has 0 saturated carbocycles. The van der Waals surface area contributed by atoms with Crippen LogP contribution in [0.1, 0.15) is 26.5 Å². The number of aryl methyl sites for hydroxylation is 1. The van der Waals surface area contributed by atoms with E-state index in [-0.39, 0.29) is 5.56 Å². The molecule has 2 aromatic rings. The van der Waals surface area contributed by atoms with E-state index >= 15 is 0 Å². The Labute approximate surface area is 120 Å². The number of thiophene rings is 1. The molecule has 0 radical (unpaired) electrons. The summed E-state index contributed by atoms with van der Waals surface area (Å²) in [7, 11) is 0. The first kappa shape index (κ1) is 12.4. The Morgan fingerprint density at radius 3 is 2.84 bits per heavy atom. The van der Waals surface area contributed by atoms with Crippen LogP contribution in [0.2, 0.25) is 0 Å². The quantitative estimate of drug-likeness (QED) is 0.813. The highest BCUT2D eigenvalue weighted by atomic mass is 79.9. The van der Waals surface area contributed by atoms with Crippen LogP contribution >= 0.6 is 27.3 Å². The topological polar surface area (TPSA) is 59.2 Å². The number of H-pyrrole nitrogens is 1. The van der Waals surface area contributed by atoms with E-state index in [4.69, 9.17) is 4.74 Å². The van der Waals surface area contributed by atoms with Gasteiger partial charge >= 0.3 is 5.97 Å². The molecule has 0 spiro atoms. The van der Waals surface area contributed by atoms with E-state index in [0.29, 0.717) is 17.0 Å². The molecule has 1 aliphatic rings. The van der Waals surface area contributed by atoms with Crippen LogP contribution < -0.4 is 5.56 Å². The molecule has 1 aliphatic heterocycles. The third kappa shape index (κ3) is 2.17. The van der Waals surface area contributed by atoms with Crippen molar-refractivity contribution in [3.8, 4) is 0 Å². The molecule has 0 atom stereocenters. The van der Waals surface area contributed by atoms with Gasteiger partial charge in [-0.3, -0.25) is 4.79 Å².